The van der Waals surface area contributed by atoms with Crippen LogP contribution in [0.1, 0.15) is 81.0 Å². The van der Waals surface area contributed by atoms with Crippen LogP contribution in [0.5, 0.6) is 0 Å². The van der Waals surface area contributed by atoms with Crippen LogP contribution in [-0.2, 0) is 41.7 Å². The van der Waals surface area contributed by atoms with E-state index < -0.39 is 0 Å². The molecular formula is C55H54FeP2. The van der Waals surface area contributed by atoms with Crippen molar-refractivity contribution in [1.29, 1.82) is 0 Å². The van der Waals surface area contributed by atoms with E-state index in [1.807, 2.05) is 0 Å². The van der Waals surface area contributed by atoms with Crippen molar-refractivity contribution in [2.24, 2.45) is 0 Å². The molecule has 2 aliphatic heterocycles. The normalized spacial score (nSPS) is 17.0. The van der Waals surface area contributed by atoms with Crippen molar-refractivity contribution in [3.8, 4) is 22.3 Å². The Balaban J connectivity index is 0.000000145. The van der Waals surface area contributed by atoms with Crippen LogP contribution in [0.15, 0.2) is 146 Å². The molecule has 0 spiro atoms. The summed E-state index contributed by atoms with van der Waals surface area (Å²) in [6, 6.07) is 55.1. The Bertz CT molecular complexity index is 2390. The van der Waals surface area contributed by atoms with Gasteiger partial charge in [-0.15, -0.1) is 0 Å². The van der Waals surface area contributed by atoms with Crippen LogP contribution in [0.2, 0.25) is 0 Å². The van der Waals surface area contributed by atoms with Crippen molar-refractivity contribution in [2.45, 2.75) is 94.8 Å². The van der Waals surface area contributed by atoms with E-state index in [0.29, 0.717) is 0 Å². The van der Waals surface area contributed by atoms with E-state index in [1.165, 1.54) is 141 Å². The molecule has 0 bridgehead atoms. The van der Waals surface area contributed by atoms with Gasteiger partial charge in [-0.05, 0) is 149 Å². The summed E-state index contributed by atoms with van der Waals surface area (Å²) in [7, 11) is 0.0331. The van der Waals surface area contributed by atoms with Crippen molar-refractivity contribution in [2.75, 3.05) is 0 Å². The number of hydrogen-bond acceptors (Lipinski definition) is 0. The predicted octanol–water partition coefficient (Wildman–Crippen LogP) is 16.8. The van der Waals surface area contributed by atoms with E-state index in [4.69, 9.17) is 0 Å². The van der Waals surface area contributed by atoms with Crippen LogP contribution in [0.25, 0.3) is 65.3 Å². The summed E-state index contributed by atoms with van der Waals surface area (Å²) in [4.78, 5) is 0. The summed E-state index contributed by atoms with van der Waals surface area (Å²) >= 11 is 0. The van der Waals surface area contributed by atoms with Gasteiger partial charge in [0.2, 0.25) is 0 Å². The van der Waals surface area contributed by atoms with Crippen LogP contribution in [-0.4, -0.2) is 11.3 Å². The van der Waals surface area contributed by atoms with Crippen molar-refractivity contribution in [3.63, 3.8) is 0 Å². The van der Waals surface area contributed by atoms with Gasteiger partial charge < -0.3 is 0 Å². The molecule has 0 unspecified atom stereocenters. The second-order valence-electron chi connectivity index (χ2n) is 17.0. The quantitative estimate of drug-likeness (QED) is 0.120. The van der Waals surface area contributed by atoms with Gasteiger partial charge in [0.05, 0.1) is 0 Å². The first kappa shape index (κ1) is 39.6. The zero-order valence-corrected chi connectivity index (χ0v) is 35.6. The van der Waals surface area contributed by atoms with Crippen LogP contribution < -0.4 is 0 Å². The summed E-state index contributed by atoms with van der Waals surface area (Å²) in [5, 5.41) is 11.2. The van der Waals surface area contributed by atoms with Gasteiger partial charge in [-0.2, -0.15) is 0 Å². The average Bonchev–Trinajstić information content (AvgIpc) is 3.94. The zero-order chi connectivity index (χ0) is 37.0. The molecule has 2 heterocycles. The first-order valence-corrected chi connectivity index (χ1v) is 24.8. The summed E-state index contributed by atoms with van der Waals surface area (Å²) in [6.45, 7) is 0. The van der Waals surface area contributed by atoms with Gasteiger partial charge >= 0.3 is 0 Å². The molecule has 3 heteroatoms. The van der Waals surface area contributed by atoms with E-state index in [2.05, 4.69) is 146 Å². The number of fused-ring (bicyclic) bond motifs is 14. The molecule has 2 saturated carbocycles. The molecule has 0 radical (unpaired) electrons. The molecule has 2 fully saturated rings. The molecule has 58 heavy (non-hydrogen) atoms. The van der Waals surface area contributed by atoms with E-state index >= 15 is 0 Å². The first-order chi connectivity index (χ1) is 27.8. The Morgan fingerprint density at radius 2 is 0.552 bits per heavy atom. The summed E-state index contributed by atoms with van der Waals surface area (Å²) < 4.78 is 0. The number of benzene rings is 8. The van der Waals surface area contributed by atoms with Gasteiger partial charge in [0.1, 0.15) is 0 Å². The second-order valence-corrected chi connectivity index (χ2v) is 22.1. The maximum absolute atomic E-state index is 2.44. The van der Waals surface area contributed by atoms with Gasteiger partial charge in [0.15, 0.2) is 0 Å². The molecule has 0 saturated heterocycles. The molecule has 4 aliphatic rings. The molecule has 0 amide bonds. The molecule has 0 aromatic heterocycles. The maximum atomic E-state index is 2.44. The van der Waals surface area contributed by atoms with E-state index in [9.17, 15) is 0 Å². The molecule has 8 aromatic carbocycles. The Morgan fingerprint density at radius 1 is 0.310 bits per heavy atom. The summed E-state index contributed by atoms with van der Waals surface area (Å²) in [5.41, 5.74) is 14.4. The van der Waals surface area contributed by atoms with Gasteiger partial charge in [-0.3, -0.25) is 0 Å². The Morgan fingerprint density at radius 3 is 0.810 bits per heavy atom. The topological polar surface area (TPSA) is 0 Å². The fraction of sp³-hybridized carbons (Fsp3) is 0.273. The van der Waals surface area contributed by atoms with Gasteiger partial charge in [-0.25, -0.2) is 0 Å². The third-order valence-electron chi connectivity index (χ3n) is 13.7. The summed E-state index contributed by atoms with van der Waals surface area (Å²) in [5.74, 6) is 0. The second kappa shape index (κ2) is 17.0. The summed E-state index contributed by atoms with van der Waals surface area (Å²) in [6.07, 6.45) is 16.8. The van der Waals surface area contributed by atoms with Crippen LogP contribution >= 0.6 is 15.8 Å². The SMILES string of the molecule is C.[Fe].c1ccc2c3c(ccc2c1)CP(C1CCCC1)Cc1ccc2ccccc2c1-3.c1ccc2c3c(ccc2c1)CP(C1CCCC1)Cc1ccc2ccccc2c1-3. The standard InChI is InChI=1S/2C27H25P.CH4.Fe/c2*1-5-11-24-19(7-1)13-15-21-17-28(23-9-3-4-10-23)18-22-16-14-20-8-2-6-12-25(20)27(22)26(21)24;;/h2*1-2,5-8,11-16,23H,3-4,9-10,17-18H2;1H4;. The van der Waals surface area contributed by atoms with Crippen molar-refractivity contribution in [3.05, 3.63) is 168 Å². The third-order valence-corrected chi connectivity index (χ3v) is 19.8. The van der Waals surface area contributed by atoms with Crippen molar-refractivity contribution < 1.29 is 17.1 Å². The largest absolute Gasteiger partial charge is 0.0945 e. The minimum atomic E-state index is 0. The van der Waals surface area contributed by atoms with Crippen molar-refractivity contribution >= 4 is 58.9 Å². The smallest absolute Gasteiger partial charge is 0 e. The van der Waals surface area contributed by atoms with E-state index in [1.54, 1.807) is 22.3 Å². The molecule has 292 valence electrons. The Labute approximate surface area is 358 Å². The molecule has 8 aromatic rings. The van der Waals surface area contributed by atoms with E-state index in [0.717, 1.165) is 11.3 Å². The number of hydrogen-bond donors (Lipinski definition) is 0. The van der Waals surface area contributed by atoms with Gasteiger partial charge in [0.25, 0.3) is 0 Å². The third kappa shape index (κ3) is 7.16. The fourth-order valence-corrected chi connectivity index (χ4v) is 17.3. The Hall–Kier alpha value is -3.82. The fourth-order valence-electron chi connectivity index (χ4n) is 11.0. The first-order valence-electron chi connectivity index (χ1n) is 21.3. The molecule has 0 atom stereocenters. The van der Waals surface area contributed by atoms with Gasteiger partial charge in [-0.1, -0.05) is 195 Å². The minimum absolute atomic E-state index is 0. The van der Waals surface area contributed by atoms with Crippen LogP contribution in [0, 0.1) is 0 Å². The van der Waals surface area contributed by atoms with Crippen LogP contribution in [0.3, 0.4) is 0 Å². The molecule has 0 N–H and O–H groups in total. The average molecular weight is 833 g/mol. The number of rotatable bonds is 2. The molecular weight excluding hydrogens is 778 g/mol. The minimum Gasteiger partial charge on any atom is -0.0945 e. The van der Waals surface area contributed by atoms with Crippen LogP contribution in [0.4, 0.5) is 0 Å². The Kier molecular flexibility index (Phi) is 11.6. The zero-order valence-electron chi connectivity index (χ0n) is 32.7. The molecule has 0 nitrogen and oxygen atoms in total. The monoisotopic (exact) mass is 832 g/mol. The van der Waals surface area contributed by atoms with Crippen molar-refractivity contribution in [1.82, 2.24) is 0 Å². The van der Waals surface area contributed by atoms with Gasteiger partial charge in [0, 0.05) is 17.1 Å². The molecule has 2 aliphatic carbocycles. The maximum Gasteiger partial charge on any atom is 0 e. The van der Waals surface area contributed by atoms with E-state index in [-0.39, 0.29) is 40.3 Å². The molecule has 12 rings (SSSR count). The predicted molar refractivity (Wildman–Crippen MR) is 254 cm³/mol.